The number of rotatable bonds is 4. The molecule has 2 heterocycles. The van der Waals surface area contributed by atoms with E-state index >= 15 is 0 Å². The van der Waals surface area contributed by atoms with E-state index in [2.05, 4.69) is 24.1 Å². The summed E-state index contributed by atoms with van der Waals surface area (Å²) in [6.45, 7) is 6.67. The maximum absolute atomic E-state index is 12.8. The number of fused-ring (bicyclic) bond motifs is 1. The number of carbonyl (C=O) groups is 1. The van der Waals surface area contributed by atoms with Crippen molar-refractivity contribution in [1.29, 1.82) is 0 Å². The molecule has 0 saturated carbocycles. The normalized spacial score (nSPS) is 20.8. The van der Waals surface area contributed by atoms with Gasteiger partial charge in [0.2, 0.25) is 10.0 Å². The summed E-state index contributed by atoms with van der Waals surface area (Å²) < 4.78 is 32.5. The van der Waals surface area contributed by atoms with Crippen LogP contribution in [0.4, 0.5) is 5.69 Å². The Bertz CT molecular complexity index is 727. The van der Waals surface area contributed by atoms with E-state index < -0.39 is 10.0 Å². The first-order chi connectivity index (χ1) is 11.4. The first kappa shape index (κ1) is 17.2. The molecule has 132 valence electrons. The molecule has 1 aromatic carbocycles. The van der Waals surface area contributed by atoms with Gasteiger partial charge in [0.05, 0.1) is 10.6 Å². The second kappa shape index (κ2) is 6.70. The second-order valence-corrected chi connectivity index (χ2v) is 8.13. The minimum absolute atomic E-state index is 0.0932. The van der Waals surface area contributed by atoms with Gasteiger partial charge in [-0.15, -0.1) is 0 Å². The molecule has 1 N–H and O–H groups in total. The highest BCUT2D eigenvalue weighted by Gasteiger charge is 2.30. The molecule has 8 heteroatoms. The maximum atomic E-state index is 12.8. The molecule has 0 aromatic heterocycles. The fourth-order valence-electron chi connectivity index (χ4n) is 3.01. The molecule has 1 saturated heterocycles. The van der Waals surface area contributed by atoms with Gasteiger partial charge in [-0.25, -0.2) is 8.42 Å². The van der Waals surface area contributed by atoms with Crippen LogP contribution in [0, 0.1) is 0 Å². The monoisotopic (exact) mass is 353 g/mol. The van der Waals surface area contributed by atoms with Crippen molar-refractivity contribution in [3.8, 4) is 5.75 Å². The largest absolute Gasteiger partial charge is 0.482 e. The second-order valence-electron chi connectivity index (χ2n) is 6.19. The lowest BCUT2D eigenvalue weighted by Gasteiger charge is -2.37. The van der Waals surface area contributed by atoms with E-state index in [1.165, 1.54) is 16.4 Å². The molecule has 1 fully saturated rings. The Hall–Kier alpha value is -1.64. The molecule has 1 amide bonds. The van der Waals surface area contributed by atoms with Crippen LogP contribution in [-0.4, -0.2) is 62.4 Å². The Morgan fingerprint density at radius 3 is 2.62 bits per heavy atom. The van der Waals surface area contributed by atoms with Crippen LogP contribution >= 0.6 is 0 Å². The SMILES string of the molecule is CCC(C)N1CCN(S(=O)(=O)c2ccc3c(c2)OCC(=O)N3)CC1. The zero-order valence-corrected chi connectivity index (χ0v) is 14.8. The maximum Gasteiger partial charge on any atom is 0.262 e. The number of hydrogen-bond donors (Lipinski definition) is 1. The molecule has 7 nitrogen and oxygen atoms in total. The molecule has 1 aromatic rings. The number of amides is 1. The van der Waals surface area contributed by atoms with Crippen LogP contribution in [0.2, 0.25) is 0 Å². The summed E-state index contributed by atoms with van der Waals surface area (Å²) in [6, 6.07) is 5.06. The fourth-order valence-corrected chi connectivity index (χ4v) is 4.45. The zero-order chi connectivity index (χ0) is 17.3. The van der Waals surface area contributed by atoms with Crippen LogP contribution < -0.4 is 10.1 Å². The first-order valence-corrected chi connectivity index (χ1v) is 9.66. The van der Waals surface area contributed by atoms with Crippen LogP contribution in [0.5, 0.6) is 5.75 Å². The molecular formula is C16H23N3O4S. The number of ether oxygens (including phenoxy) is 1. The minimum atomic E-state index is -3.55. The lowest BCUT2D eigenvalue weighted by molar-refractivity contribution is -0.118. The number of hydrogen-bond acceptors (Lipinski definition) is 5. The zero-order valence-electron chi connectivity index (χ0n) is 14.0. The topological polar surface area (TPSA) is 79.0 Å². The standard InChI is InChI=1S/C16H23N3O4S/c1-3-12(2)18-6-8-19(9-7-18)24(21,22)13-4-5-14-15(10-13)23-11-16(20)17-14/h4-5,10,12H,3,6-9,11H2,1-2H3,(H,17,20). The third-order valence-electron chi connectivity index (χ3n) is 4.71. The number of nitrogens with zero attached hydrogens (tertiary/aromatic N) is 2. The van der Waals surface area contributed by atoms with Crippen molar-refractivity contribution < 1.29 is 17.9 Å². The van der Waals surface area contributed by atoms with Crippen LogP contribution in [0.1, 0.15) is 20.3 Å². The highest BCUT2D eigenvalue weighted by molar-refractivity contribution is 7.89. The molecule has 1 atom stereocenters. The van der Waals surface area contributed by atoms with Gasteiger partial charge in [0.25, 0.3) is 5.91 Å². The number of benzene rings is 1. The van der Waals surface area contributed by atoms with Crippen molar-refractivity contribution in [1.82, 2.24) is 9.21 Å². The van der Waals surface area contributed by atoms with E-state index in [1.54, 1.807) is 6.07 Å². The molecular weight excluding hydrogens is 330 g/mol. The highest BCUT2D eigenvalue weighted by atomic mass is 32.2. The van der Waals surface area contributed by atoms with E-state index in [0.29, 0.717) is 30.6 Å². The van der Waals surface area contributed by atoms with E-state index in [0.717, 1.165) is 19.5 Å². The van der Waals surface area contributed by atoms with Gasteiger partial charge in [-0.3, -0.25) is 9.69 Å². The van der Waals surface area contributed by atoms with Crippen molar-refractivity contribution >= 4 is 21.6 Å². The van der Waals surface area contributed by atoms with E-state index in [1.807, 2.05) is 0 Å². The number of carbonyl (C=O) groups excluding carboxylic acids is 1. The van der Waals surface area contributed by atoms with E-state index in [4.69, 9.17) is 4.74 Å². The van der Waals surface area contributed by atoms with Gasteiger partial charge in [-0.05, 0) is 25.5 Å². The predicted molar refractivity (Wildman–Crippen MR) is 90.7 cm³/mol. The molecule has 0 spiro atoms. The number of piperazine rings is 1. The van der Waals surface area contributed by atoms with Crippen LogP contribution in [0.3, 0.4) is 0 Å². The van der Waals surface area contributed by atoms with Gasteiger partial charge in [0.1, 0.15) is 5.75 Å². The molecule has 2 aliphatic heterocycles. The molecule has 1 unspecified atom stereocenters. The van der Waals surface area contributed by atoms with Crippen LogP contribution in [-0.2, 0) is 14.8 Å². The Labute approximate surface area is 142 Å². The van der Waals surface area contributed by atoms with Gasteiger partial charge < -0.3 is 10.1 Å². The lowest BCUT2D eigenvalue weighted by Crippen LogP contribution is -2.51. The van der Waals surface area contributed by atoms with Crippen molar-refractivity contribution in [2.24, 2.45) is 0 Å². The van der Waals surface area contributed by atoms with Crippen LogP contribution in [0.15, 0.2) is 23.1 Å². The summed E-state index contributed by atoms with van der Waals surface area (Å²) in [7, 11) is -3.55. The number of nitrogens with one attached hydrogen (secondary N) is 1. The Balaban J connectivity index is 1.76. The van der Waals surface area contributed by atoms with Gasteiger partial charge in [-0.1, -0.05) is 6.92 Å². The third kappa shape index (κ3) is 3.26. The summed E-state index contributed by atoms with van der Waals surface area (Å²) in [5.74, 6) is 0.160. The summed E-state index contributed by atoms with van der Waals surface area (Å²) in [5.41, 5.74) is 0.506. The molecule has 24 heavy (non-hydrogen) atoms. The molecule has 0 bridgehead atoms. The van der Waals surface area contributed by atoms with Crippen LogP contribution in [0.25, 0.3) is 0 Å². The summed E-state index contributed by atoms with van der Waals surface area (Å²) >= 11 is 0. The number of anilines is 1. The van der Waals surface area contributed by atoms with Gasteiger partial charge in [0.15, 0.2) is 6.61 Å². The Morgan fingerprint density at radius 1 is 1.25 bits per heavy atom. The van der Waals surface area contributed by atoms with Gasteiger partial charge in [0, 0.05) is 38.3 Å². The highest BCUT2D eigenvalue weighted by Crippen LogP contribution is 2.31. The van der Waals surface area contributed by atoms with Crippen molar-refractivity contribution in [2.75, 3.05) is 38.1 Å². The Kier molecular flexibility index (Phi) is 4.80. The number of sulfonamides is 1. The van der Waals surface area contributed by atoms with E-state index in [9.17, 15) is 13.2 Å². The smallest absolute Gasteiger partial charge is 0.262 e. The predicted octanol–water partition coefficient (Wildman–Crippen LogP) is 1.12. The van der Waals surface area contributed by atoms with Crippen molar-refractivity contribution in [3.63, 3.8) is 0 Å². The van der Waals surface area contributed by atoms with Gasteiger partial charge >= 0.3 is 0 Å². The summed E-state index contributed by atoms with van der Waals surface area (Å²) in [4.78, 5) is 13.8. The lowest BCUT2D eigenvalue weighted by atomic mass is 10.2. The fraction of sp³-hybridized carbons (Fsp3) is 0.562. The first-order valence-electron chi connectivity index (χ1n) is 8.22. The third-order valence-corrected chi connectivity index (χ3v) is 6.61. The average molecular weight is 353 g/mol. The molecule has 0 aliphatic carbocycles. The average Bonchev–Trinajstić information content (AvgIpc) is 2.60. The summed E-state index contributed by atoms with van der Waals surface area (Å²) in [5, 5.41) is 2.66. The molecule has 3 rings (SSSR count). The quantitative estimate of drug-likeness (QED) is 0.878. The van der Waals surface area contributed by atoms with Crippen molar-refractivity contribution in [3.05, 3.63) is 18.2 Å². The van der Waals surface area contributed by atoms with E-state index in [-0.39, 0.29) is 17.4 Å². The van der Waals surface area contributed by atoms with Gasteiger partial charge in [-0.2, -0.15) is 4.31 Å². The molecule has 2 aliphatic rings. The minimum Gasteiger partial charge on any atom is -0.482 e. The van der Waals surface area contributed by atoms with Crippen molar-refractivity contribution in [2.45, 2.75) is 31.2 Å². The Morgan fingerprint density at radius 2 is 1.96 bits per heavy atom. The summed E-state index contributed by atoms with van der Waals surface area (Å²) in [6.07, 6.45) is 1.06. The molecule has 0 radical (unpaired) electrons.